The molecule has 5 nitrogen and oxygen atoms in total. The van der Waals surface area contributed by atoms with Gasteiger partial charge in [-0.1, -0.05) is 19.1 Å². The van der Waals surface area contributed by atoms with E-state index in [1.165, 1.54) is 12.1 Å². The summed E-state index contributed by atoms with van der Waals surface area (Å²) in [6.07, 6.45) is 0. The van der Waals surface area contributed by atoms with Crippen molar-refractivity contribution in [2.75, 3.05) is 20.3 Å². The Balaban J connectivity index is 2.73. The van der Waals surface area contributed by atoms with Crippen LogP contribution in [0.4, 0.5) is 0 Å². The minimum Gasteiger partial charge on any atom is -0.507 e. The van der Waals surface area contributed by atoms with Gasteiger partial charge in [-0.3, -0.25) is 0 Å². The fourth-order valence-electron chi connectivity index (χ4n) is 1.36. The van der Waals surface area contributed by atoms with Crippen molar-refractivity contribution in [3.63, 3.8) is 0 Å². The number of sulfonamides is 1. The second kappa shape index (κ2) is 6.00. The maximum Gasteiger partial charge on any atom is 0.244 e. The Morgan fingerprint density at radius 1 is 1.41 bits per heavy atom. The number of phenols is 1. The van der Waals surface area contributed by atoms with Gasteiger partial charge in [0.05, 0.1) is 0 Å². The van der Waals surface area contributed by atoms with Crippen LogP contribution in [0.5, 0.6) is 5.75 Å². The van der Waals surface area contributed by atoms with Crippen LogP contribution in [0.15, 0.2) is 29.2 Å². The third kappa shape index (κ3) is 3.99. The van der Waals surface area contributed by atoms with Crippen LogP contribution in [0, 0.1) is 5.92 Å². The van der Waals surface area contributed by atoms with Crippen LogP contribution in [0.25, 0.3) is 0 Å². The van der Waals surface area contributed by atoms with E-state index < -0.39 is 10.0 Å². The summed E-state index contributed by atoms with van der Waals surface area (Å²) in [6, 6.07) is 5.83. The third-order valence-electron chi connectivity index (χ3n) is 2.23. The molecule has 0 saturated heterocycles. The topological polar surface area (TPSA) is 75.6 Å². The van der Waals surface area contributed by atoms with E-state index in [9.17, 15) is 13.5 Å². The molecule has 0 aromatic heterocycles. The van der Waals surface area contributed by atoms with Crippen molar-refractivity contribution in [3.8, 4) is 5.75 Å². The highest BCUT2D eigenvalue weighted by Crippen LogP contribution is 2.20. The number of hydrogen-bond donors (Lipinski definition) is 2. The van der Waals surface area contributed by atoms with Crippen LogP contribution in [-0.2, 0) is 14.8 Å². The zero-order valence-corrected chi connectivity index (χ0v) is 10.7. The van der Waals surface area contributed by atoms with E-state index in [4.69, 9.17) is 4.74 Å². The van der Waals surface area contributed by atoms with Gasteiger partial charge in [-0.15, -0.1) is 0 Å². The first kappa shape index (κ1) is 14.0. The van der Waals surface area contributed by atoms with Crippen LogP contribution in [-0.4, -0.2) is 33.8 Å². The number of para-hydroxylation sites is 1. The van der Waals surface area contributed by atoms with Crippen LogP contribution in [0.2, 0.25) is 0 Å². The summed E-state index contributed by atoms with van der Waals surface area (Å²) in [6.45, 7) is 2.62. The van der Waals surface area contributed by atoms with Crippen molar-refractivity contribution in [2.45, 2.75) is 11.8 Å². The summed E-state index contributed by atoms with van der Waals surface area (Å²) < 4.78 is 31.0. The number of aromatic hydroxyl groups is 1. The first-order valence-electron chi connectivity index (χ1n) is 5.24. The predicted molar refractivity (Wildman–Crippen MR) is 64.3 cm³/mol. The maximum atomic E-state index is 11.8. The van der Waals surface area contributed by atoms with Gasteiger partial charge >= 0.3 is 0 Å². The third-order valence-corrected chi connectivity index (χ3v) is 3.70. The highest BCUT2D eigenvalue weighted by atomic mass is 32.2. The normalized spacial score (nSPS) is 13.5. The molecule has 1 aromatic carbocycles. The first-order valence-corrected chi connectivity index (χ1v) is 6.72. The molecule has 96 valence electrons. The van der Waals surface area contributed by atoms with Gasteiger partial charge in [0.25, 0.3) is 0 Å². The van der Waals surface area contributed by atoms with Gasteiger partial charge in [0.15, 0.2) is 0 Å². The Hall–Kier alpha value is -1.11. The minimum absolute atomic E-state index is 0.0700. The molecule has 0 saturated carbocycles. The second-order valence-corrected chi connectivity index (χ2v) is 5.62. The SMILES string of the molecule is COCC(C)CNS(=O)(=O)c1ccccc1O. The molecular weight excluding hydrogens is 242 g/mol. The van der Waals surface area contributed by atoms with Gasteiger partial charge in [0.1, 0.15) is 10.6 Å². The Morgan fingerprint density at radius 3 is 2.65 bits per heavy atom. The molecule has 0 fully saturated rings. The Kier molecular flexibility index (Phi) is 4.92. The zero-order chi connectivity index (χ0) is 12.9. The van der Waals surface area contributed by atoms with Crippen LogP contribution in [0.1, 0.15) is 6.92 Å². The zero-order valence-electron chi connectivity index (χ0n) is 9.88. The summed E-state index contributed by atoms with van der Waals surface area (Å²) in [5, 5.41) is 9.47. The van der Waals surface area contributed by atoms with E-state index >= 15 is 0 Å². The first-order chi connectivity index (χ1) is 7.97. The lowest BCUT2D eigenvalue weighted by Crippen LogP contribution is -2.30. The second-order valence-electron chi connectivity index (χ2n) is 3.88. The average molecular weight is 259 g/mol. The molecule has 0 aliphatic rings. The summed E-state index contributed by atoms with van der Waals surface area (Å²) in [5.74, 6) is -0.181. The van der Waals surface area contributed by atoms with Gasteiger partial charge in [0.2, 0.25) is 10.0 Å². The van der Waals surface area contributed by atoms with Crippen LogP contribution < -0.4 is 4.72 Å². The molecule has 0 bridgehead atoms. The highest BCUT2D eigenvalue weighted by molar-refractivity contribution is 7.89. The van der Waals surface area contributed by atoms with E-state index in [1.54, 1.807) is 19.2 Å². The lowest BCUT2D eigenvalue weighted by Gasteiger charge is -2.12. The van der Waals surface area contributed by atoms with E-state index in [0.717, 1.165) is 0 Å². The smallest absolute Gasteiger partial charge is 0.244 e. The molecule has 1 aromatic rings. The lowest BCUT2D eigenvalue weighted by molar-refractivity contribution is 0.161. The van der Waals surface area contributed by atoms with Crippen molar-refractivity contribution in [2.24, 2.45) is 5.92 Å². The molecule has 0 amide bonds. The fourth-order valence-corrected chi connectivity index (χ4v) is 2.62. The molecule has 0 spiro atoms. The summed E-state index contributed by atoms with van der Waals surface area (Å²) in [4.78, 5) is -0.107. The van der Waals surface area contributed by atoms with E-state index in [1.807, 2.05) is 6.92 Å². The summed E-state index contributed by atoms with van der Waals surface area (Å²) in [5.41, 5.74) is 0. The molecule has 6 heteroatoms. The molecule has 0 radical (unpaired) electrons. The number of methoxy groups -OCH3 is 1. The van der Waals surface area contributed by atoms with Crippen molar-refractivity contribution in [1.82, 2.24) is 4.72 Å². The quantitative estimate of drug-likeness (QED) is 0.797. The number of hydrogen-bond acceptors (Lipinski definition) is 4. The van der Waals surface area contributed by atoms with E-state index in [2.05, 4.69) is 4.72 Å². The number of ether oxygens (including phenoxy) is 1. The van der Waals surface area contributed by atoms with Crippen molar-refractivity contribution in [3.05, 3.63) is 24.3 Å². The molecule has 1 atom stereocenters. The van der Waals surface area contributed by atoms with Crippen molar-refractivity contribution >= 4 is 10.0 Å². The Bertz CT molecular complexity index is 458. The van der Waals surface area contributed by atoms with Gasteiger partial charge < -0.3 is 9.84 Å². The standard InChI is InChI=1S/C11H17NO4S/c1-9(8-16-2)7-12-17(14,15)11-6-4-3-5-10(11)13/h3-6,9,12-13H,7-8H2,1-2H3. The molecule has 1 rings (SSSR count). The highest BCUT2D eigenvalue weighted by Gasteiger charge is 2.18. The van der Waals surface area contributed by atoms with Gasteiger partial charge in [-0.2, -0.15) is 0 Å². The average Bonchev–Trinajstić information content (AvgIpc) is 2.27. The van der Waals surface area contributed by atoms with Gasteiger partial charge in [-0.25, -0.2) is 13.1 Å². The molecule has 0 aliphatic heterocycles. The van der Waals surface area contributed by atoms with Crippen LogP contribution >= 0.6 is 0 Å². The predicted octanol–water partition coefficient (Wildman–Crippen LogP) is 0.953. The molecule has 0 heterocycles. The number of nitrogens with one attached hydrogen (secondary N) is 1. The molecular formula is C11H17NO4S. The number of rotatable bonds is 6. The summed E-state index contributed by atoms with van der Waals surface area (Å²) >= 11 is 0. The molecule has 17 heavy (non-hydrogen) atoms. The van der Waals surface area contributed by atoms with Crippen molar-refractivity contribution in [1.29, 1.82) is 0 Å². The monoisotopic (exact) mass is 259 g/mol. The van der Waals surface area contributed by atoms with Gasteiger partial charge in [0, 0.05) is 20.3 Å². The lowest BCUT2D eigenvalue weighted by atomic mass is 10.2. The van der Waals surface area contributed by atoms with Gasteiger partial charge in [-0.05, 0) is 18.1 Å². The van der Waals surface area contributed by atoms with Crippen molar-refractivity contribution < 1.29 is 18.3 Å². The fraction of sp³-hybridized carbons (Fsp3) is 0.455. The Labute approximate surface area is 101 Å². The Morgan fingerprint density at radius 2 is 2.06 bits per heavy atom. The molecule has 2 N–H and O–H groups in total. The number of phenolic OH excluding ortho intramolecular Hbond substituents is 1. The van der Waals surface area contributed by atoms with E-state index in [0.29, 0.717) is 6.61 Å². The largest absolute Gasteiger partial charge is 0.507 e. The minimum atomic E-state index is -3.66. The molecule has 0 aliphatic carbocycles. The maximum absolute atomic E-state index is 11.8. The number of benzene rings is 1. The summed E-state index contributed by atoms with van der Waals surface area (Å²) in [7, 11) is -2.10. The van der Waals surface area contributed by atoms with Crippen LogP contribution in [0.3, 0.4) is 0 Å². The molecule has 1 unspecified atom stereocenters. The van der Waals surface area contributed by atoms with E-state index in [-0.39, 0.29) is 23.1 Å².